The SMILES string of the molecule is Cc1cnc(Cl)nc1Oc1ccc(C(C)(C)C)cc1. The van der Waals surface area contributed by atoms with Gasteiger partial charge in [-0.15, -0.1) is 0 Å². The number of aromatic nitrogens is 2. The minimum absolute atomic E-state index is 0.132. The molecular weight excluding hydrogens is 260 g/mol. The molecule has 0 aliphatic heterocycles. The van der Waals surface area contributed by atoms with Gasteiger partial charge in [-0.25, -0.2) is 4.98 Å². The van der Waals surface area contributed by atoms with E-state index in [1.54, 1.807) is 6.20 Å². The monoisotopic (exact) mass is 276 g/mol. The third-order valence-corrected chi connectivity index (χ3v) is 3.01. The van der Waals surface area contributed by atoms with Crippen molar-refractivity contribution in [1.82, 2.24) is 9.97 Å². The van der Waals surface area contributed by atoms with E-state index in [0.29, 0.717) is 5.88 Å². The van der Waals surface area contributed by atoms with Crippen LogP contribution in [0.2, 0.25) is 5.28 Å². The summed E-state index contributed by atoms with van der Waals surface area (Å²) < 4.78 is 5.72. The van der Waals surface area contributed by atoms with Crippen LogP contribution >= 0.6 is 11.6 Å². The van der Waals surface area contributed by atoms with Crippen LogP contribution in [-0.2, 0) is 5.41 Å². The molecule has 2 rings (SSSR count). The molecule has 0 spiro atoms. The van der Waals surface area contributed by atoms with E-state index < -0.39 is 0 Å². The Bertz CT molecular complexity index is 574. The summed E-state index contributed by atoms with van der Waals surface area (Å²) in [5.74, 6) is 1.23. The highest BCUT2D eigenvalue weighted by molar-refractivity contribution is 6.28. The van der Waals surface area contributed by atoms with Crippen molar-refractivity contribution < 1.29 is 4.74 Å². The lowest BCUT2D eigenvalue weighted by molar-refractivity contribution is 0.456. The van der Waals surface area contributed by atoms with Crippen LogP contribution in [0.1, 0.15) is 31.9 Å². The molecule has 0 atom stereocenters. The summed E-state index contributed by atoms with van der Waals surface area (Å²) in [4.78, 5) is 7.97. The Labute approximate surface area is 118 Å². The van der Waals surface area contributed by atoms with Crippen LogP contribution in [0.15, 0.2) is 30.5 Å². The zero-order valence-corrected chi connectivity index (χ0v) is 12.3. The quantitative estimate of drug-likeness (QED) is 0.756. The molecule has 0 amide bonds. The van der Waals surface area contributed by atoms with Crippen molar-refractivity contribution in [2.75, 3.05) is 0 Å². The fourth-order valence-electron chi connectivity index (χ4n) is 1.64. The third-order valence-electron chi connectivity index (χ3n) is 2.83. The first-order chi connectivity index (χ1) is 8.86. The largest absolute Gasteiger partial charge is 0.439 e. The van der Waals surface area contributed by atoms with Gasteiger partial charge in [0.15, 0.2) is 0 Å². The van der Waals surface area contributed by atoms with E-state index >= 15 is 0 Å². The summed E-state index contributed by atoms with van der Waals surface area (Å²) in [5.41, 5.74) is 2.24. The zero-order chi connectivity index (χ0) is 14.0. The topological polar surface area (TPSA) is 35.0 Å². The van der Waals surface area contributed by atoms with Gasteiger partial charge in [-0.05, 0) is 41.6 Å². The lowest BCUT2D eigenvalue weighted by Crippen LogP contribution is -2.10. The number of benzene rings is 1. The predicted octanol–water partition coefficient (Wildman–Crippen LogP) is 4.53. The van der Waals surface area contributed by atoms with Gasteiger partial charge in [0.05, 0.1) is 0 Å². The van der Waals surface area contributed by atoms with Crippen LogP contribution < -0.4 is 4.74 Å². The second kappa shape index (κ2) is 5.17. The van der Waals surface area contributed by atoms with E-state index in [9.17, 15) is 0 Å². The molecule has 3 nitrogen and oxygen atoms in total. The number of halogens is 1. The number of ether oxygens (including phenoxy) is 1. The summed E-state index contributed by atoms with van der Waals surface area (Å²) in [6.45, 7) is 8.42. The molecule has 2 aromatic rings. The maximum Gasteiger partial charge on any atom is 0.226 e. The molecule has 0 aliphatic rings. The molecule has 0 aliphatic carbocycles. The molecule has 0 N–H and O–H groups in total. The van der Waals surface area contributed by atoms with Crippen molar-refractivity contribution in [3.05, 3.63) is 46.9 Å². The van der Waals surface area contributed by atoms with E-state index in [2.05, 4.69) is 42.9 Å². The van der Waals surface area contributed by atoms with Crippen molar-refractivity contribution in [3.63, 3.8) is 0 Å². The van der Waals surface area contributed by atoms with Gasteiger partial charge in [-0.3, -0.25) is 0 Å². The standard InChI is InChI=1S/C15H17ClN2O/c1-10-9-17-14(16)18-13(10)19-12-7-5-11(6-8-12)15(2,3)4/h5-9H,1-4H3. The molecule has 0 saturated carbocycles. The summed E-state index contributed by atoms with van der Waals surface area (Å²) >= 11 is 5.77. The molecule has 0 unspecified atom stereocenters. The molecule has 19 heavy (non-hydrogen) atoms. The smallest absolute Gasteiger partial charge is 0.226 e. The molecule has 0 saturated heterocycles. The van der Waals surface area contributed by atoms with Gasteiger partial charge in [0, 0.05) is 11.8 Å². The van der Waals surface area contributed by atoms with E-state index in [-0.39, 0.29) is 10.7 Å². The van der Waals surface area contributed by atoms with Gasteiger partial charge in [-0.2, -0.15) is 4.98 Å². The van der Waals surface area contributed by atoms with Crippen LogP contribution in [0.25, 0.3) is 0 Å². The Morgan fingerprint density at radius 3 is 2.32 bits per heavy atom. The fourth-order valence-corrected chi connectivity index (χ4v) is 1.77. The first kappa shape index (κ1) is 13.8. The minimum atomic E-state index is 0.132. The predicted molar refractivity (Wildman–Crippen MR) is 77.0 cm³/mol. The Balaban J connectivity index is 2.22. The maximum absolute atomic E-state index is 5.77. The number of rotatable bonds is 2. The second-order valence-corrected chi connectivity index (χ2v) is 5.84. The minimum Gasteiger partial charge on any atom is -0.439 e. The molecule has 1 aromatic heterocycles. The summed E-state index contributed by atoms with van der Waals surface area (Å²) in [5, 5.41) is 0.187. The van der Waals surface area contributed by atoms with Gasteiger partial charge in [0.25, 0.3) is 0 Å². The van der Waals surface area contributed by atoms with E-state index in [1.807, 2.05) is 19.1 Å². The molecule has 0 fully saturated rings. The second-order valence-electron chi connectivity index (χ2n) is 5.50. The van der Waals surface area contributed by atoms with E-state index in [0.717, 1.165) is 11.3 Å². The molecule has 1 heterocycles. The Kier molecular flexibility index (Phi) is 3.76. The highest BCUT2D eigenvalue weighted by atomic mass is 35.5. The highest BCUT2D eigenvalue weighted by Gasteiger charge is 2.13. The van der Waals surface area contributed by atoms with Crippen LogP contribution in [0.3, 0.4) is 0 Å². The average molecular weight is 277 g/mol. The van der Waals surface area contributed by atoms with Gasteiger partial charge in [-0.1, -0.05) is 32.9 Å². The van der Waals surface area contributed by atoms with E-state index in [1.165, 1.54) is 5.56 Å². The first-order valence-corrected chi connectivity index (χ1v) is 6.51. The van der Waals surface area contributed by atoms with Crippen molar-refractivity contribution in [2.45, 2.75) is 33.1 Å². The average Bonchev–Trinajstić information content (AvgIpc) is 2.33. The number of nitrogens with zero attached hydrogens (tertiary/aromatic N) is 2. The van der Waals surface area contributed by atoms with E-state index in [4.69, 9.17) is 16.3 Å². The molecule has 0 bridgehead atoms. The Morgan fingerprint density at radius 1 is 1.11 bits per heavy atom. The zero-order valence-electron chi connectivity index (χ0n) is 11.6. The summed E-state index contributed by atoms with van der Waals surface area (Å²) in [6, 6.07) is 8.01. The van der Waals surface area contributed by atoms with Gasteiger partial charge in [0.1, 0.15) is 5.75 Å². The van der Waals surface area contributed by atoms with Crippen molar-refractivity contribution in [2.24, 2.45) is 0 Å². The third kappa shape index (κ3) is 3.44. The molecule has 1 aromatic carbocycles. The van der Waals surface area contributed by atoms with Crippen LogP contribution in [-0.4, -0.2) is 9.97 Å². The van der Waals surface area contributed by atoms with Crippen molar-refractivity contribution >= 4 is 11.6 Å². The Morgan fingerprint density at radius 2 is 1.74 bits per heavy atom. The molecule has 4 heteroatoms. The first-order valence-electron chi connectivity index (χ1n) is 6.14. The summed E-state index contributed by atoms with van der Waals surface area (Å²) in [6.07, 6.45) is 1.65. The lowest BCUT2D eigenvalue weighted by atomic mass is 9.87. The Hall–Kier alpha value is -1.61. The molecule has 0 radical (unpaired) electrons. The normalized spacial score (nSPS) is 11.4. The van der Waals surface area contributed by atoms with Gasteiger partial charge < -0.3 is 4.74 Å². The van der Waals surface area contributed by atoms with Crippen LogP contribution in [0, 0.1) is 6.92 Å². The van der Waals surface area contributed by atoms with Crippen molar-refractivity contribution in [1.29, 1.82) is 0 Å². The number of hydrogen-bond acceptors (Lipinski definition) is 3. The highest BCUT2D eigenvalue weighted by Crippen LogP contribution is 2.27. The summed E-state index contributed by atoms with van der Waals surface area (Å²) in [7, 11) is 0. The number of aryl methyl sites for hydroxylation is 1. The van der Waals surface area contributed by atoms with Crippen molar-refractivity contribution in [3.8, 4) is 11.6 Å². The van der Waals surface area contributed by atoms with Gasteiger partial charge >= 0.3 is 0 Å². The van der Waals surface area contributed by atoms with Gasteiger partial charge in [0.2, 0.25) is 11.2 Å². The molecular formula is C15H17ClN2O. The molecule has 100 valence electrons. The fraction of sp³-hybridized carbons (Fsp3) is 0.333. The number of hydrogen-bond donors (Lipinski definition) is 0. The maximum atomic E-state index is 5.77. The lowest BCUT2D eigenvalue weighted by Gasteiger charge is -2.19. The van der Waals surface area contributed by atoms with Crippen LogP contribution in [0.4, 0.5) is 0 Å². The van der Waals surface area contributed by atoms with Crippen LogP contribution in [0.5, 0.6) is 11.6 Å².